The summed E-state index contributed by atoms with van der Waals surface area (Å²) in [5, 5.41) is 23.8. The molecule has 10 nitrogen and oxygen atoms in total. The highest BCUT2D eigenvalue weighted by Gasteiger charge is 2.34. The molecule has 2 rings (SSSR count). The Morgan fingerprint density at radius 1 is 1.22 bits per heavy atom. The molecule has 3 atom stereocenters. The first-order valence-electron chi connectivity index (χ1n) is 10.4. The number of aromatic hydroxyl groups is 1. The molecule has 1 aliphatic heterocycles. The Balaban J connectivity index is 2.03. The second kappa shape index (κ2) is 12.3. The van der Waals surface area contributed by atoms with Gasteiger partial charge < -0.3 is 31.5 Å². The van der Waals surface area contributed by atoms with Crippen LogP contribution in [0.3, 0.4) is 0 Å². The lowest BCUT2D eigenvalue weighted by atomic mass is 10.0. The van der Waals surface area contributed by atoms with E-state index in [-0.39, 0.29) is 18.7 Å². The largest absolute Gasteiger partial charge is 0.508 e. The minimum Gasteiger partial charge on any atom is -0.508 e. The van der Waals surface area contributed by atoms with Crippen molar-refractivity contribution in [1.29, 1.82) is 0 Å². The maximum atomic E-state index is 12.8. The van der Waals surface area contributed by atoms with E-state index in [1.165, 1.54) is 17.0 Å². The molecule has 32 heavy (non-hydrogen) atoms. The zero-order valence-corrected chi connectivity index (χ0v) is 18.8. The molecule has 1 aromatic carbocycles. The van der Waals surface area contributed by atoms with E-state index in [2.05, 4.69) is 10.6 Å². The number of thioether (sulfide) groups is 1. The number of hydrogen-bond acceptors (Lipinski definition) is 7. The van der Waals surface area contributed by atoms with E-state index in [9.17, 15) is 29.4 Å². The minimum absolute atomic E-state index is 0.0714. The van der Waals surface area contributed by atoms with Gasteiger partial charge in [-0.05, 0) is 49.0 Å². The van der Waals surface area contributed by atoms with Crippen molar-refractivity contribution < 1.29 is 29.4 Å². The summed E-state index contributed by atoms with van der Waals surface area (Å²) in [6, 6.07) is 3.54. The number of rotatable bonds is 11. The predicted molar refractivity (Wildman–Crippen MR) is 120 cm³/mol. The normalized spacial score (nSPS) is 17.4. The average Bonchev–Trinajstić information content (AvgIpc) is 3.27. The van der Waals surface area contributed by atoms with Crippen molar-refractivity contribution in [2.45, 2.75) is 43.8 Å². The number of nitrogens with one attached hydrogen (secondary N) is 2. The van der Waals surface area contributed by atoms with Crippen molar-refractivity contribution in [2.24, 2.45) is 5.73 Å². The molecule has 0 radical (unpaired) electrons. The van der Waals surface area contributed by atoms with Crippen LogP contribution in [0.4, 0.5) is 0 Å². The molecule has 0 spiro atoms. The first-order valence-corrected chi connectivity index (χ1v) is 11.7. The van der Waals surface area contributed by atoms with Crippen LogP contribution in [0.5, 0.6) is 5.75 Å². The number of aliphatic carboxylic acids is 1. The SMILES string of the molecule is CSCCC(N)C(=O)NC(Cc1ccc(O)cc1)C(=O)NCC(=O)N1CCCC1C(=O)O. The lowest BCUT2D eigenvalue weighted by Crippen LogP contribution is -2.54. The lowest BCUT2D eigenvalue weighted by Gasteiger charge is -2.23. The third kappa shape index (κ3) is 7.41. The van der Waals surface area contributed by atoms with Gasteiger partial charge in [0.05, 0.1) is 12.6 Å². The smallest absolute Gasteiger partial charge is 0.326 e. The summed E-state index contributed by atoms with van der Waals surface area (Å²) in [6.07, 6.45) is 3.44. The highest BCUT2D eigenvalue weighted by Crippen LogP contribution is 2.17. The van der Waals surface area contributed by atoms with E-state index in [0.717, 1.165) is 0 Å². The first kappa shape index (κ1) is 25.5. The summed E-state index contributed by atoms with van der Waals surface area (Å²) >= 11 is 1.56. The molecule has 1 aromatic rings. The van der Waals surface area contributed by atoms with E-state index in [0.29, 0.717) is 37.1 Å². The van der Waals surface area contributed by atoms with Crippen molar-refractivity contribution >= 4 is 35.5 Å². The second-order valence-electron chi connectivity index (χ2n) is 7.62. The summed E-state index contributed by atoms with van der Waals surface area (Å²) in [4.78, 5) is 50.3. The highest BCUT2D eigenvalue weighted by atomic mass is 32.2. The Morgan fingerprint density at radius 3 is 2.53 bits per heavy atom. The van der Waals surface area contributed by atoms with Crippen molar-refractivity contribution in [3.63, 3.8) is 0 Å². The van der Waals surface area contributed by atoms with Gasteiger partial charge in [-0.15, -0.1) is 0 Å². The number of carbonyl (C=O) groups excluding carboxylic acids is 3. The Hall–Kier alpha value is -2.79. The first-order chi connectivity index (χ1) is 15.2. The van der Waals surface area contributed by atoms with Crippen molar-refractivity contribution in [3.05, 3.63) is 29.8 Å². The van der Waals surface area contributed by atoms with Crippen LogP contribution in [-0.2, 0) is 25.6 Å². The van der Waals surface area contributed by atoms with Crippen LogP contribution < -0.4 is 16.4 Å². The second-order valence-corrected chi connectivity index (χ2v) is 8.61. The summed E-state index contributed by atoms with van der Waals surface area (Å²) in [6.45, 7) is -0.0489. The fraction of sp³-hybridized carbons (Fsp3) is 0.524. The summed E-state index contributed by atoms with van der Waals surface area (Å²) < 4.78 is 0. The quantitative estimate of drug-likeness (QED) is 0.297. The topological polar surface area (TPSA) is 162 Å². The maximum Gasteiger partial charge on any atom is 0.326 e. The van der Waals surface area contributed by atoms with Crippen LogP contribution in [0.15, 0.2) is 24.3 Å². The molecule has 11 heteroatoms. The number of nitrogens with zero attached hydrogens (tertiary/aromatic N) is 1. The van der Waals surface area contributed by atoms with Gasteiger partial charge in [-0.25, -0.2) is 4.79 Å². The zero-order chi connectivity index (χ0) is 23.7. The van der Waals surface area contributed by atoms with Crippen LogP contribution in [-0.4, -0.2) is 82.0 Å². The van der Waals surface area contributed by atoms with Gasteiger partial charge >= 0.3 is 5.97 Å². The number of phenols is 1. The van der Waals surface area contributed by atoms with E-state index in [4.69, 9.17) is 5.73 Å². The van der Waals surface area contributed by atoms with Crippen LogP contribution in [0.25, 0.3) is 0 Å². The molecule has 0 bridgehead atoms. The van der Waals surface area contributed by atoms with Crippen molar-refractivity contribution in [1.82, 2.24) is 15.5 Å². The highest BCUT2D eigenvalue weighted by molar-refractivity contribution is 7.98. The molecular weight excluding hydrogens is 436 g/mol. The number of amides is 3. The predicted octanol–water partition coefficient (Wildman–Crippen LogP) is -0.308. The van der Waals surface area contributed by atoms with Crippen LogP contribution >= 0.6 is 11.8 Å². The molecule has 1 fully saturated rings. The third-order valence-corrected chi connectivity index (χ3v) is 5.89. The van der Waals surface area contributed by atoms with Gasteiger partial charge in [0.1, 0.15) is 17.8 Å². The van der Waals surface area contributed by atoms with Gasteiger partial charge in [0.25, 0.3) is 0 Å². The van der Waals surface area contributed by atoms with Gasteiger partial charge in [-0.3, -0.25) is 14.4 Å². The maximum absolute atomic E-state index is 12.8. The molecule has 3 unspecified atom stereocenters. The van der Waals surface area contributed by atoms with Crippen molar-refractivity contribution in [2.75, 3.05) is 25.1 Å². The summed E-state index contributed by atoms with van der Waals surface area (Å²) in [7, 11) is 0. The van der Waals surface area contributed by atoms with E-state index >= 15 is 0 Å². The molecular formula is C21H30N4O6S. The Bertz CT molecular complexity index is 819. The van der Waals surface area contributed by atoms with Gasteiger partial charge in [-0.1, -0.05) is 12.1 Å². The molecule has 0 aromatic heterocycles. The minimum atomic E-state index is -1.07. The Morgan fingerprint density at radius 2 is 1.91 bits per heavy atom. The molecule has 176 valence electrons. The standard InChI is InChI=1S/C21H30N4O6S/c1-32-10-8-15(22)19(28)24-16(11-13-4-6-14(26)7-5-13)20(29)23-12-18(27)25-9-2-3-17(25)21(30)31/h4-7,15-17,26H,2-3,8-12,22H2,1H3,(H,23,29)(H,24,28)(H,30,31). The number of hydrogen-bond donors (Lipinski definition) is 5. The monoisotopic (exact) mass is 466 g/mol. The third-order valence-electron chi connectivity index (χ3n) is 5.25. The number of carboxylic acid groups (broad SMARTS) is 1. The average molecular weight is 467 g/mol. The van der Waals surface area contributed by atoms with Crippen LogP contribution in [0.1, 0.15) is 24.8 Å². The fourth-order valence-corrected chi connectivity index (χ4v) is 3.93. The van der Waals surface area contributed by atoms with Crippen LogP contribution in [0.2, 0.25) is 0 Å². The van der Waals surface area contributed by atoms with Gasteiger partial charge in [-0.2, -0.15) is 11.8 Å². The van der Waals surface area contributed by atoms with Gasteiger partial charge in [0, 0.05) is 13.0 Å². The number of carboxylic acids is 1. The number of likely N-dealkylation sites (tertiary alicyclic amines) is 1. The fourth-order valence-electron chi connectivity index (χ4n) is 3.44. The molecule has 6 N–H and O–H groups in total. The number of carbonyl (C=O) groups is 4. The van der Waals surface area contributed by atoms with Crippen molar-refractivity contribution in [3.8, 4) is 5.75 Å². The summed E-state index contributed by atoms with van der Waals surface area (Å²) in [5.74, 6) is -1.85. The Labute approximate surface area is 190 Å². The molecule has 0 saturated carbocycles. The number of phenolic OH excluding ortho intramolecular Hbond substituents is 1. The van der Waals surface area contributed by atoms with E-state index in [1.807, 2.05) is 6.26 Å². The van der Waals surface area contributed by atoms with E-state index < -0.39 is 41.8 Å². The van der Waals surface area contributed by atoms with Crippen LogP contribution in [0, 0.1) is 0 Å². The molecule has 1 saturated heterocycles. The molecule has 1 aliphatic rings. The van der Waals surface area contributed by atoms with E-state index in [1.54, 1.807) is 23.9 Å². The lowest BCUT2D eigenvalue weighted by molar-refractivity contribution is -0.148. The molecule has 3 amide bonds. The molecule has 0 aliphatic carbocycles. The zero-order valence-electron chi connectivity index (χ0n) is 18.0. The summed E-state index contributed by atoms with van der Waals surface area (Å²) in [5.41, 5.74) is 6.60. The van der Waals surface area contributed by atoms with Gasteiger partial charge in [0.15, 0.2) is 0 Å². The number of nitrogens with two attached hydrogens (primary N) is 1. The van der Waals surface area contributed by atoms with Gasteiger partial charge in [0.2, 0.25) is 17.7 Å². The molecule has 1 heterocycles. The Kier molecular flexibility index (Phi) is 9.79. The number of benzene rings is 1.